The number of pyridine rings is 1. The fourth-order valence-corrected chi connectivity index (χ4v) is 5.06. The largest absolute Gasteiger partial charge is 0.366 e. The van der Waals surface area contributed by atoms with Crippen molar-refractivity contribution in [2.75, 3.05) is 5.32 Å². The zero-order valence-corrected chi connectivity index (χ0v) is 20.5. The first-order valence-corrected chi connectivity index (χ1v) is 12.3. The van der Waals surface area contributed by atoms with Crippen LogP contribution >= 0.6 is 11.3 Å². The highest BCUT2D eigenvalue weighted by molar-refractivity contribution is 7.21. The number of rotatable bonds is 8. The van der Waals surface area contributed by atoms with E-state index in [1.54, 1.807) is 24.3 Å². The second-order valence-electron chi connectivity index (χ2n) is 8.47. The van der Waals surface area contributed by atoms with E-state index in [1.807, 2.05) is 59.2 Å². The number of hydrogen-bond donors (Lipinski definition) is 3. The second-order valence-corrected chi connectivity index (χ2v) is 9.45. The summed E-state index contributed by atoms with van der Waals surface area (Å²) >= 11 is 1.32. The van der Waals surface area contributed by atoms with Gasteiger partial charge in [0.2, 0.25) is 11.3 Å². The fourth-order valence-electron chi connectivity index (χ4n) is 4.13. The minimum absolute atomic E-state index is 0.108. The first kappa shape index (κ1) is 24.0. The Hall–Kier alpha value is -4.76. The highest BCUT2D eigenvalue weighted by Gasteiger charge is 2.18. The maximum absolute atomic E-state index is 13.0. The van der Waals surface area contributed by atoms with E-state index in [1.165, 1.54) is 17.5 Å². The minimum atomic E-state index is -0.797. The Labute approximate surface area is 216 Å². The van der Waals surface area contributed by atoms with Crippen molar-refractivity contribution >= 4 is 38.6 Å². The van der Waals surface area contributed by atoms with Crippen LogP contribution in [-0.4, -0.2) is 21.4 Å². The van der Waals surface area contributed by atoms with E-state index in [4.69, 9.17) is 11.5 Å². The van der Waals surface area contributed by atoms with Crippen LogP contribution in [0.25, 0.3) is 21.5 Å². The van der Waals surface area contributed by atoms with Gasteiger partial charge in [-0.3, -0.25) is 14.4 Å². The minimum Gasteiger partial charge on any atom is -0.366 e. The third-order valence-electron chi connectivity index (χ3n) is 6.01. The smallest absolute Gasteiger partial charge is 0.254 e. The van der Waals surface area contributed by atoms with Crippen LogP contribution in [0.15, 0.2) is 89.9 Å². The lowest BCUT2D eigenvalue weighted by atomic mass is 9.99. The van der Waals surface area contributed by atoms with E-state index in [2.05, 4.69) is 10.3 Å². The molecule has 5 aromatic rings. The number of hydrogen-bond acceptors (Lipinski definition) is 6. The van der Waals surface area contributed by atoms with Crippen LogP contribution < -0.4 is 22.2 Å². The lowest BCUT2D eigenvalue weighted by Gasteiger charge is -2.13. The van der Waals surface area contributed by atoms with Gasteiger partial charge in [0, 0.05) is 24.8 Å². The molecule has 0 spiro atoms. The second kappa shape index (κ2) is 10.1. The number of amides is 2. The average Bonchev–Trinajstić information content (AvgIpc) is 3.35. The number of anilines is 1. The van der Waals surface area contributed by atoms with Crippen LogP contribution in [0.4, 0.5) is 5.13 Å². The monoisotopic (exact) mass is 509 g/mol. The molecule has 0 aliphatic heterocycles. The first-order valence-electron chi connectivity index (χ1n) is 11.5. The summed E-state index contributed by atoms with van der Waals surface area (Å²) in [4.78, 5) is 41.5. The summed E-state index contributed by atoms with van der Waals surface area (Å²) in [7, 11) is 0. The summed E-state index contributed by atoms with van der Waals surface area (Å²) in [6.45, 7) is 0.838. The maximum atomic E-state index is 13.0. The number of nitrogens with zero attached hydrogens (tertiary/aromatic N) is 2. The molecular weight excluding hydrogens is 486 g/mol. The summed E-state index contributed by atoms with van der Waals surface area (Å²) in [6, 6.07) is 24.9. The summed E-state index contributed by atoms with van der Waals surface area (Å²) in [6.07, 6.45) is 1.51. The molecule has 2 heterocycles. The van der Waals surface area contributed by atoms with Gasteiger partial charge in [-0.25, -0.2) is 4.98 Å². The van der Waals surface area contributed by atoms with Gasteiger partial charge < -0.3 is 21.4 Å². The molecule has 0 saturated carbocycles. The lowest BCUT2D eigenvalue weighted by molar-refractivity contribution is 0.0991. The Balaban J connectivity index is 1.51. The Morgan fingerprint density at radius 2 is 1.59 bits per heavy atom. The molecule has 37 heavy (non-hydrogen) atoms. The van der Waals surface area contributed by atoms with Gasteiger partial charge >= 0.3 is 0 Å². The van der Waals surface area contributed by atoms with Crippen LogP contribution in [0, 0.1) is 0 Å². The molecule has 5 N–H and O–H groups in total. The van der Waals surface area contributed by atoms with Crippen LogP contribution in [0.5, 0.6) is 0 Å². The van der Waals surface area contributed by atoms with Crippen molar-refractivity contribution in [3.8, 4) is 11.1 Å². The molecule has 5 rings (SSSR count). The van der Waals surface area contributed by atoms with E-state index in [-0.39, 0.29) is 11.1 Å². The Kier molecular flexibility index (Phi) is 6.53. The molecule has 2 amide bonds. The quantitative estimate of drug-likeness (QED) is 0.291. The molecule has 0 atom stereocenters. The van der Waals surface area contributed by atoms with Gasteiger partial charge in [0.1, 0.15) is 15.9 Å². The van der Waals surface area contributed by atoms with Crippen LogP contribution in [0.1, 0.15) is 31.8 Å². The molecule has 184 valence electrons. The fraction of sp³-hybridized carbons (Fsp3) is 0.0714. The zero-order chi connectivity index (χ0) is 25.9. The van der Waals surface area contributed by atoms with E-state index in [0.29, 0.717) is 28.6 Å². The molecule has 0 aliphatic rings. The number of carbonyl (C=O) groups is 2. The number of primary amides is 2. The van der Waals surface area contributed by atoms with Crippen molar-refractivity contribution in [3.63, 3.8) is 0 Å². The first-order chi connectivity index (χ1) is 17.9. The van der Waals surface area contributed by atoms with Gasteiger partial charge in [0.15, 0.2) is 5.13 Å². The van der Waals surface area contributed by atoms with Crippen molar-refractivity contribution in [1.82, 2.24) is 9.55 Å². The van der Waals surface area contributed by atoms with E-state index in [0.717, 1.165) is 22.3 Å². The molecule has 0 aliphatic carbocycles. The Bertz CT molecular complexity index is 1670. The molecule has 3 aromatic carbocycles. The molecule has 8 nitrogen and oxygen atoms in total. The number of thiazole rings is 1. The van der Waals surface area contributed by atoms with Crippen LogP contribution in [0.2, 0.25) is 0 Å². The topological polar surface area (TPSA) is 133 Å². The van der Waals surface area contributed by atoms with Crippen LogP contribution in [0.3, 0.4) is 0 Å². The van der Waals surface area contributed by atoms with Crippen LogP contribution in [-0.2, 0) is 13.1 Å². The number of nitrogens with one attached hydrogen (secondary N) is 1. The number of carbonyl (C=O) groups excluding carboxylic acids is 2. The third kappa shape index (κ3) is 4.98. The van der Waals surface area contributed by atoms with Gasteiger partial charge in [-0.05, 0) is 34.4 Å². The van der Waals surface area contributed by atoms with Crippen molar-refractivity contribution in [3.05, 3.63) is 118 Å². The normalized spacial score (nSPS) is 10.9. The standard InChI is InChI=1S/C28H23N5O3S/c29-25(35)19-12-10-17(11-13-19)14-31-28-32-23-24(34)22(26(30)36)16-33(27(23)37-28)15-20-8-4-5-9-21(20)18-6-2-1-3-7-18/h1-13,16H,14-15H2,(H2,29,35)(H2,30,36)(H,31,32). The highest BCUT2D eigenvalue weighted by atomic mass is 32.1. The van der Waals surface area contributed by atoms with E-state index < -0.39 is 17.2 Å². The van der Waals surface area contributed by atoms with Gasteiger partial charge in [0.05, 0.1) is 0 Å². The molecular formula is C28H23N5O3S. The summed E-state index contributed by atoms with van der Waals surface area (Å²) < 4.78 is 1.85. The summed E-state index contributed by atoms with van der Waals surface area (Å²) in [5.74, 6) is -1.29. The summed E-state index contributed by atoms with van der Waals surface area (Å²) in [5.41, 5.74) is 14.9. The Morgan fingerprint density at radius 1 is 0.892 bits per heavy atom. The van der Waals surface area contributed by atoms with Gasteiger partial charge in [-0.15, -0.1) is 0 Å². The summed E-state index contributed by atoms with van der Waals surface area (Å²) in [5, 5.41) is 3.75. The lowest BCUT2D eigenvalue weighted by Crippen LogP contribution is -2.24. The van der Waals surface area contributed by atoms with E-state index >= 15 is 0 Å². The highest BCUT2D eigenvalue weighted by Crippen LogP contribution is 2.28. The maximum Gasteiger partial charge on any atom is 0.254 e. The average molecular weight is 510 g/mol. The van der Waals surface area contributed by atoms with Crippen molar-refractivity contribution < 1.29 is 9.59 Å². The molecule has 0 fully saturated rings. The SMILES string of the molecule is NC(=O)c1ccc(CNc2nc3c(=O)c(C(N)=O)cn(Cc4ccccc4-c4ccccc4)c3s2)cc1. The number of aromatic nitrogens is 2. The predicted octanol–water partition coefficient (Wildman–Crippen LogP) is 3.98. The van der Waals surface area contributed by atoms with E-state index in [9.17, 15) is 14.4 Å². The van der Waals surface area contributed by atoms with Crippen molar-refractivity contribution in [1.29, 1.82) is 0 Å². The number of benzene rings is 3. The predicted molar refractivity (Wildman–Crippen MR) is 146 cm³/mol. The van der Waals surface area contributed by atoms with Crippen molar-refractivity contribution in [2.45, 2.75) is 13.1 Å². The Morgan fingerprint density at radius 3 is 2.30 bits per heavy atom. The van der Waals surface area contributed by atoms with Gasteiger partial charge in [0.25, 0.3) is 5.91 Å². The molecule has 0 unspecified atom stereocenters. The molecule has 0 saturated heterocycles. The third-order valence-corrected chi connectivity index (χ3v) is 7.06. The molecule has 9 heteroatoms. The molecule has 0 bridgehead atoms. The van der Waals surface area contributed by atoms with Gasteiger partial charge in [-0.2, -0.15) is 0 Å². The van der Waals surface area contributed by atoms with Gasteiger partial charge in [-0.1, -0.05) is 78.1 Å². The zero-order valence-electron chi connectivity index (χ0n) is 19.7. The number of nitrogens with two attached hydrogens (primary N) is 2. The number of fused-ring (bicyclic) bond motifs is 1. The molecule has 0 radical (unpaired) electrons. The van der Waals surface area contributed by atoms with Crippen molar-refractivity contribution in [2.24, 2.45) is 11.5 Å². The molecule has 2 aromatic heterocycles.